The summed E-state index contributed by atoms with van der Waals surface area (Å²) in [5.74, 6) is -10.7. The van der Waals surface area contributed by atoms with E-state index < -0.39 is 40.5 Å². The smallest absolute Gasteiger partial charge is 0.200 e. The molecule has 2 aromatic rings. The third-order valence-corrected chi connectivity index (χ3v) is 2.03. The Hall–Kier alpha value is -1.99. The molecule has 0 N–H and O–H groups in total. The Labute approximate surface area is 91.5 Å². The summed E-state index contributed by atoms with van der Waals surface area (Å²) < 4.78 is 66.1. The zero-order chi connectivity index (χ0) is 12.7. The summed E-state index contributed by atoms with van der Waals surface area (Å²) >= 11 is 0. The molecule has 0 bridgehead atoms. The Balaban J connectivity index is 2.78. The molecule has 0 atom stereocenters. The van der Waals surface area contributed by atoms with E-state index in [1.807, 2.05) is 0 Å². The summed E-state index contributed by atoms with van der Waals surface area (Å²) in [6.07, 6.45) is 1.08. The third kappa shape index (κ3) is 1.65. The maximum Gasteiger partial charge on any atom is 0.200 e. The van der Waals surface area contributed by atoms with E-state index in [1.165, 1.54) is 7.05 Å². The van der Waals surface area contributed by atoms with Crippen molar-refractivity contribution in [3.63, 3.8) is 0 Å². The monoisotopic (exact) mass is 249 g/mol. The van der Waals surface area contributed by atoms with Crippen LogP contribution in [-0.2, 0) is 7.05 Å². The zero-order valence-electron chi connectivity index (χ0n) is 8.31. The van der Waals surface area contributed by atoms with E-state index in [0.717, 1.165) is 11.0 Å². The van der Waals surface area contributed by atoms with Gasteiger partial charge in [0.15, 0.2) is 29.1 Å². The first-order valence-electron chi connectivity index (χ1n) is 4.31. The van der Waals surface area contributed by atoms with Gasteiger partial charge in [-0.1, -0.05) is 0 Å². The second-order valence-corrected chi connectivity index (χ2v) is 3.19. The van der Waals surface area contributed by atoms with Crippen molar-refractivity contribution in [2.75, 3.05) is 0 Å². The molecule has 0 unspecified atom stereocenters. The van der Waals surface area contributed by atoms with Crippen molar-refractivity contribution >= 4 is 0 Å². The highest BCUT2D eigenvalue weighted by Gasteiger charge is 2.28. The van der Waals surface area contributed by atoms with Crippen molar-refractivity contribution in [2.45, 2.75) is 0 Å². The van der Waals surface area contributed by atoms with Crippen LogP contribution in [0, 0.1) is 29.1 Å². The Kier molecular flexibility index (Phi) is 2.56. The van der Waals surface area contributed by atoms with E-state index in [1.54, 1.807) is 0 Å². The number of aromatic nitrogens is 3. The number of nitrogens with zero attached hydrogens (tertiary/aromatic N) is 3. The van der Waals surface area contributed by atoms with Gasteiger partial charge in [0.1, 0.15) is 6.33 Å². The van der Waals surface area contributed by atoms with Crippen LogP contribution < -0.4 is 0 Å². The van der Waals surface area contributed by atoms with Gasteiger partial charge in [-0.3, -0.25) is 4.68 Å². The average molecular weight is 249 g/mol. The highest BCUT2D eigenvalue weighted by Crippen LogP contribution is 2.28. The van der Waals surface area contributed by atoms with Gasteiger partial charge in [-0.2, -0.15) is 5.10 Å². The number of hydrogen-bond donors (Lipinski definition) is 0. The molecule has 0 saturated heterocycles. The van der Waals surface area contributed by atoms with Crippen molar-refractivity contribution < 1.29 is 22.0 Å². The van der Waals surface area contributed by atoms with Crippen LogP contribution in [0.1, 0.15) is 0 Å². The summed E-state index contributed by atoms with van der Waals surface area (Å²) in [7, 11) is 1.39. The van der Waals surface area contributed by atoms with Crippen LogP contribution >= 0.6 is 0 Å². The van der Waals surface area contributed by atoms with Crippen LogP contribution in [0.5, 0.6) is 0 Å². The van der Waals surface area contributed by atoms with E-state index >= 15 is 0 Å². The number of hydrogen-bond acceptors (Lipinski definition) is 2. The molecule has 3 nitrogen and oxygen atoms in total. The van der Waals surface area contributed by atoms with Gasteiger partial charge < -0.3 is 0 Å². The lowest BCUT2D eigenvalue weighted by Crippen LogP contribution is -2.05. The maximum atomic E-state index is 13.3. The van der Waals surface area contributed by atoms with Crippen molar-refractivity contribution in [2.24, 2.45) is 7.05 Å². The molecular formula is C9H4F5N3. The minimum atomic E-state index is -2.21. The third-order valence-electron chi connectivity index (χ3n) is 2.03. The molecule has 2 rings (SSSR count). The highest BCUT2D eigenvalue weighted by atomic mass is 19.2. The summed E-state index contributed by atoms with van der Waals surface area (Å²) in [6.45, 7) is 0. The molecule has 0 aliphatic heterocycles. The second-order valence-electron chi connectivity index (χ2n) is 3.19. The Bertz CT molecular complexity index is 564. The molecule has 1 heterocycles. The highest BCUT2D eigenvalue weighted by molar-refractivity contribution is 5.56. The number of benzene rings is 1. The van der Waals surface area contributed by atoms with E-state index in [9.17, 15) is 22.0 Å². The number of rotatable bonds is 1. The summed E-state index contributed by atoms with van der Waals surface area (Å²) in [6, 6.07) is 0. The normalized spacial score (nSPS) is 10.9. The largest absolute Gasteiger partial charge is 0.255 e. The molecule has 1 aromatic carbocycles. The van der Waals surface area contributed by atoms with Crippen LogP contribution in [0.3, 0.4) is 0 Å². The van der Waals surface area contributed by atoms with Gasteiger partial charge in [0.05, 0.1) is 5.56 Å². The standard InChI is InChI=1S/C9H4F5N3/c1-17-2-15-9(16-17)3-4(10)6(12)8(14)7(13)5(3)11/h2H,1H3. The Morgan fingerprint density at radius 2 is 1.35 bits per heavy atom. The van der Waals surface area contributed by atoms with Crippen LogP contribution in [0.15, 0.2) is 6.33 Å². The van der Waals surface area contributed by atoms with Gasteiger partial charge in [0, 0.05) is 7.05 Å². The summed E-state index contributed by atoms with van der Waals surface area (Å²) in [4.78, 5) is 3.44. The van der Waals surface area contributed by atoms with Gasteiger partial charge in [0.2, 0.25) is 5.82 Å². The molecule has 0 aliphatic rings. The fourth-order valence-electron chi connectivity index (χ4n) is 1.26. The topological polar surface area (TPSA) is 30.7 Å². The molecule has 1 aromatic heterocycles. The molecule has 0 amide bonds. The maximum absolute atomic E-state index is 13.3. The SMILES string of the molecule is Cn1cnc(-c2c(F)c(F)c(F)c(F)c2F)n1. The molecular weight excluding hydrogens is 245 g/mol. The van der Waals surface area contributed by atoms with Gasteiger partial charge in [-0.25, -0.2) is 26.9 Å². The molecule has 0 saturated carbocycles. The van der Waals surface area contributed by atoms with Gasteiger partial charge in [-0.05, 0) is 0 Å². The minimum Gasteiger partial charge on any atom is -0.255 e. The quantitative estimate of drug-likeness (QED) is 0.440. The molecule has 0 aliphatic carbocycles. The minimum absolute atomic E-state index is 0.569. The van der Waals surface area contributed by atoms with Gasteiger partial charge in [-0.15, -0.1) is 0 Å². The molecule has 8 heteroatoms. The first kappa shape index (κ1) is 11.5. The van der Waals surface area contributed by atoms with Crippen LogP contribution in [-0.4, -0.2) is 14.8 Å². The van der Waals surface area contributed by atoms with Crippen LogP contribution in [0.25, 0.3) is 11.4 Å². The fraction of sp³-hybridized carbons (Fsp3) is 0.111. The summed E-state index contributed by atoms with van der Waals surface area (Å²) in [5.41, 5.74) is -1.14. The molecule has 0 spiro atoms. The Morgan fingerprint density at radius 1 is 0.882 bits per heavy atom. The predicted molar refractivity (Wildman–Crippen MR) is 46.2 cm³/mol. The van der Waals surface area contributed by atoms with Crippen molar-refractivity contribution in [1.82, 2.24) is 14.8 Å². The molecule has 90 valence electrons. The lowest BCUT2D eigenvalue weighted by molar-refractivity contribution is 0.380. The van der Waals surface area contributed by atoms with E-state index in [2.05, 4.69) is 10.1 Å². The van der Waals surface area contributed by atoms with Crippen LogP contribution in [0.4, 0.5) is 22.0 Å². The van der Waals surface area contributed by atoms with Gasteiger partial charge >= 0.3 is 0 Å². The first-order valence-corrected chi connectivity index (χ1v) is 4.31. The molecule has 0 fully saturated rings. The lowest BCUT2D eigenvalue weighted by atomic mass is 10.1. The van der Waals surface area contributed by atoms with Crippen molar-refractivity contribution in [3.05, 3.63) is 35.4 Å². The second kappa shape index (κ2) is 3.79. The number of halogens is 5. The van der Waals surface area contributed by atoms with E-state index in [-0.39, 0.29) is 0 Å². The zero-order valence-corrected chi connectivity index (χ0v) is 8.31. The first-order chi connectivity index (χ1) is 7.93. The summed E-state index contributed by atoms with van der Waals surface area (Å²) in [5, 5.41) is 3.48. The fourth-order valence-corrected chi connectivity index (χ4v) is 1.26. The van der Waals surface area contributed by atoms with Crippen molar-refractivity contribution in [3.8, 4) is 11.4 Å². The van der Waals surface area contributed by atoms with Crippen molar-refractivity contribution in [1.29, 1.82) is 0 Å². The Morgan fingerprint density at radius 3 is 1.76 bits per heavy atom. The van der Waals surface area contributed by atoms with Crippen LogP contribution in [0.2, 0.25) is 0 Å². The number of aryl methyl sites for hydroxylation is 1. The lowest BCUT2D eigenvalue weighted by Gasteiger charge is -2.04. The molecule has 17 heavy (non-hydrogen) atoms. The average Bonchev–Trinajstić information content (AvgIpc) is 2.71. The van der Waals surface area contributed by atoms with E-state index in [4.69, 9.17) is 0 Å². The molecule has 0 radical (unpaired) electrons. The predicted octanol–water partition coefficient (Wildman–Crippen LogP) is 2.18. The van der Waals surface area contributed by atoms with E-state index in [0.29, 0.717) is 0 Å². The van der Waals surface area contributed by atoms with Gasteiger partial charge in [0.25, 0.3) is 0 Å².